The number of hydrogen-bond acceptors (Lipinski definition) is 4. The summed E-state index contributed by atoms with van der Waals surface area (Å²) >= 11 is 0. The predicted molar refractivity (Wildman–Crippen MR) is 92.3 cm³/mol. The maximum atomic E-state index is 11.1. The van der Waals surface area contributed by atoms with E-state index in [-0.39, 0.29) is 0 Å². The molecular weight excluding hydrogens is 302 g/mol. The van der Waals surface area contributed by atoms with Crippen LogP contribution in [0.25, 0.3) is 0 Å². The lowest BCUT2D eigenvalue weighted by molar-refractivity contribution is -0.0280. The minimum atomic E-state index is -0.775. The number of hydrogen-bond donors (Lipinski definition) is 1. The molecular formula is C20H23NO3. The summed E-state index contributed by atoms with van der Waals surface area (Å²) in [4.78, 5) is 2.40. The van der Waals surface area contributed by atoms with Crippen molar-refractivity contribution in [3.63, 3.8) is 0 Å². The zero-order valence-corrected chi connectivity index (χ0v) is 13.8. The van der Waals surface area contributed by atoms with Gasteiger partial charge in [0.15, 0.2) is 11.5 Å². The van der Waals surface area contributed by atoms with Crippen LogP contribution in [0.2, 0.25) is 0 Å². The Morgan fingerprint density at radius 1 is 0.917 bits per heavy atom. The summed E-state index contributed by atoms with van der Waals surface area (Å²) in [6, 6.07) is 16.3. The van der Waals surface area contributed by atoms with Crippen LogP contribution in [-0.4, -0.2) is 36.3 Å². The molecule has 0 aromatic heterocycles. The number of fused-ring (bicyclic) bond motifs is 1. The topological polar surface area (TPSA) is 41.9 Å². The van der Waals surface area contributed by atoms with E-state index in [0.717, 1.165) is 49.5 Å². The molecule has 4 rings (SSSR count). The van der Waals surface area contributed by atoms with Crippen LogP contribution < -0.4 is 9.47 Å². The summed E-state index contributed by atoms with van der Waals surface area (Å²) in [5.74, 6) is 1.52. The molecule has 126 valence electrons. The van der Waals surface area contributed by atoms with Crippen LogP contribution in [0, 0.1) is 0 Å². The van der Waals surface area contributed by atoms with E-state index >= 15 is 0 Å². The Morgan fingerprint density at radius 2 is 1.62 bits per heavy atom. The smallest absolute Gasteiger partial charge is 0.161 e. The summed E-state index contributed by atoms with van der Waals surface area (Å²) in [6.45, 7) is 3.88. The van der Waals surface area contributed by atoms with Crippen LogP contribution in [0.15, 0.2) is 48.5 Å². The Hall–Kier alpha value is -2.04. The van der Waals surface area contributed by atoms with E-state index in [2.05, 4.69) is 29.2 Å². The van der Waals surface area contributed by atoms with Gasteiger partial charge in [0.2, 0.25) is 0 Å². The summed E-state index contributed by atoms with van der Waals surface area (Å²) < 4.78 is 11.2. The Kier molecular flexibility index (Phi) is 4.17. The average Bonchev–Trinajstić information content (AvgIpc) is 2.64. The molecule has 2 aromatic carbocycles. The third kappa shape index (κ3) is 3.12. The van der Waals surface area contributed by atoms with Gasteiger partial charge in [-0.05, 0) is 36.1 Å². The van der Waals surface area contributed by atoms with Crippen molar-refractivity contribution in [2.45, 2.75) is 25.0 Å². The van der Waals surface area contributed by atoms with Crippen molar-refractivity contribution in [1.29, 1.82) is 0 Å². The number of nitrogens with zero attached hydrogens (tertiary/aromatic N) is 1. The van der Waals surface area contributed by atoms with Gasteiger partial charge in [-0.1, -0.05) is 36.4 Å². The highest BCUT2D eigenvalue weighted by atomic mass is 16.6. The molecule has 2 aliphatic heterocycles. The summed E-state index contributed by atoms with van der Waals surface area (Å²) in [5.41, 5.74) is 1.48. The highest BCUT2D eigenvalue weighted by molar-refractivity contribution is 5.45. The van der Waals surface area contributed by atoms with E-state index in [1.807, 2.05) is 24.3 Å². The maximum absolute atomic E-state index is 11.1. The highest BCUT2D eigenvalue weighted by Gasteiger charge is 2.34. The molecule has 0 spiro atoms. The fourth-order valence-electron chi connectivity index (χ4n) is 3.54. The van der Waals surface area contributed by atoms with Crippen LogP contribution in [-0.2, 0) is 12.1 Å². The highest BCUT2D eigenvalue weighted by Crippen LogP contribution is 2.39. The van der Waals surface area contributed by atoms with Gasteiger partial charge in [-0.2, -0.15) is 0 Å². The second-order valence-electron chi connectivity index (χ2n) is 6.65. The zero-order valence-electron chi connectivity index (χ0n) is 13.8. The van der Waals surface area contributed by atoms with Crippen LogP contribution in [0.4, 0.5) is 0 Å². The van der Waals surface area contributed by atoms with Crippen molar-refractivity contribution >= 4 is 0 Å². The Bertz CT molecular complexity index is 693. The van der Waals surface area contributed by atoms with Gasteiger partial charge in [0.1, 0.15) is 13.2 Å². The van der Waals surface area contributed by atoms with Crippen LogP contribution >= 0.6 is 0 Å². The van der Waals surface area contributed by atoms with Gasteiger partial charge in [-0.25, -0.2) is 0 Å². The van der Waals surface area contributed by atoms with Crippen molar-refractivity contribution in [1.82, 2.24) is 4.90 Å². The third-order valence-electron chi connectivity index (χ3n) is 5.01. The van der Waals surface area contributed by atoms with Crippen LogP contribution in [0.3, 0.4) is 0 Å². The molecule has 0 radical (unpaired) electrons. The van der Waals surface area contributed by atoms with E-state index in [0.29, 0.717) is 13.2 Å². The molecule has 1 saturated heterocycles. The van der Waals surface area contributed by atoms with E-state index in [4.69, 9.17) is 9.47 Å². The molecule has 4 heteroatoms. The Morgan fingerprint density at radius 3 is 2.38 bits per heavy atom. The number of piperidine rings is 1. The Labute approximate surface area is 142 Å². The molecule has 24 heavy (non-hydrogen) atoms. The molecule has 2 heterocycles. The van der Waals surface area contributed by atoms with Crippen molar-refractivity contribution in [2.24, 2.45) is 0 Å². The second-order valence-corrected chi connectivity index (χ2v) is 6.65. The second kappa shape index (κ2) is 6.46. The number of rotatable bonds is 3. The van der Waals surface area contributed by atoms with E-state index in [1.165, 1.54) is 5.56 Å². The lowest BCUT2D eigenvalue weighted by Crippen LogP contribution is -2.42. The van der Waals surface area contributed by atoms with E-state index < -0.39 is 5.60 Å². The number of ether oxygens (including phenoxy) is 2. The van der Waals surface area contributed by atoms with Gasteiger partial charge in [-0.15, -0.1) is 0 Å². The molecule has 0 aliphatic carbocycles. The number of likely N-dealkylation sites (tertiary alicyclic amines) is 1. The van der Waals surface area contributed by atoms with Crippen LogP contribution in [0.1, 0.15) is 24.0 Å². The van der Waals surface area contributed by atoms with Crippen molar-refractivity contribution < 1.29 is 14.6 Å². The first-order chi connectivity index (χ1) is 11.7. The molecule has 0 saturated carbocycles. The van der Waals surface area contributed by atoms with Crippen molar-refractivity contribution in [2.75, 3.05) is 26.3 Å². The fourth-order valence-corrected chi connectivity index (χ4v) is 3.54. The normalized spacial score (nSPS) is 19.9. The maximum Gasteiger partial charge on any atom is 0.161 e. The predicted octanol–water partition coefficient (Wildman–Crippen LogP) is 2.94. The first-order valence-corrected chi connectivity index (χ1v) is 8.62. The van der Waals surface area contributed by atoms with Gasteiger partial charge in [0.25, 0.3) is 0 Å². The molecule has 4 nitrogen and oxygen atoms in total. The summed E-state index contributed by atoms with van der Waals surface area (Å²) in [6.07, 6.45) is 1.47. The first-order valence-electron chi connectivity index (χ1n) is 8.62. The largest absolute Gasteiger partial charge is 0.486 e. The van der Waals surface area contributed by atoms with Gasteiger partial charge < -0.3 is 14.6 Å². The molecule has 0 atom stereocenters. The molecule has 0 bridgehead atoms. The standard InChI is InChI=1S/C20H23NO3/c22-20(17-6-7-18-19(14-17)24-13-12-23-18)8-10-21(11-9-20)15-16-4-2-1-3-5-16/h1-7,14,22H,8-13,15H2. The number of aliphatic hydroxyl groups is 1. The summed E-state index contributed by atoms with van der Waals surface area (Å²) in [7, 11) is 0. The van der Waals surface area contributed by atoms with Crippen molar-refractivity contribution in [3.8, 4) is 11.5 Å². The fraction of sp³-hybridized carbons (Fsp3) is 0.400. The molecule has 1 N–H and O–H groups in total. The lowest BCUT2D eigenvalue weighted by atomic mass is 9.84. The lowest BCUT2D eigenvalue weighted by Gasteiger charge is -2.39. The zero-order chi connectivity index (χ0) is 16.4. The Balaban J connectivity index is 1.44. The van der Waals surface area contributed by atoms with Gasteiger partial charge in [0, 0.05) is 19.6 Å². The molecule has 2 aromatic rings. The quantitative estimate of drug-likeness (QED) is 0.942. The molecule has 0 unspecified atom stereocenters. The summed E-state index contributed by atoms with van der Waals surface area (Å²) in [5, 5.41) is 11.1. The monoisotopic (exact) mass is 325 g/mol. The SMILES string of the molecule is OC1(c2ccc3c(c2)OCCO3)CCN(Cc2ccccc2)CC1. The minimum Gasteiger partial charge on any atom is -0.486 e. The van der Waals surface area contributed by atoms with Gasteiger partial charge in [0.05, 0.1) is 5.60 Å². The molecule has 2 aliphatic rings. The molecule has 1 fully saturated rings. The minimum absolute atomic E-state index is 0.569. The van der Waals surface area contributed by atoms with Crippen LogP contribution in [0.5, 0.6) is 11.5 Å². The third-order valence-corrected chi connectivity index (χ3v) is 5.01. The first kappa shape index (κ1) is 15.5. The molecule has 0 amide bonds. The number of benzene rings is 2. The average molecular weight is 325 g/mol. The van der Waals surface area contributed by atoms with E-state index in [9.17, 15) is 5.11 Å². The van der Waals surface area contributed by atoms with E-state index in [1.54, 1.807) is 0 Å². The van der Waals surface area contributed by atoms with Gasteiger partial charge in [-0.3, -0.25) is 4.90 Å². The van der Waals surface area contributed by atoms with Gasteiger partial charge >= 0.3 is 0 Å². The van der Waals surface area contributed by atoms with Crippen molar-refractivity contribution in [3.05, 3.63) is 59.7 Å².